The van der Waals surface area contributed by atoms with E-state index in [1.54, 1.807) is 31.2 Å². The summed E-state index contributed by atoms with van der Waals surface area (Å²) in [6, 6.07) is 9.73. The Kier molecular flexibility index (Phi) is 10.3. The van der Waals surface area contributed by atoms with Gasteiger partial charge in [-0.1, -0.05) is 30.7 Å². The molecular weight excluding hydrogens is 734 g/mol. The van der Waals surface area contributed by atoms with E-state index in [0.29, 0.717) is 41.8 Å². The molecule has 55 heavy (non-hydrogen) atoms. The Bertz CT molecular complexity index is 1980. The lowest BCUT2D eigenvalue weighted by atomic mass is 9.44. The molecule has 294 valence electrons. The van der Waals surface area contributed by atoms with Crippen molar-refractivity contribution in [2.24, 2.45) is 28.4 Å². The molecule has 15 heteroatoms. The topological polar surface area (TPSA) is 215 Å². The first-order valence-corrected chi connectivity index (χ1v) is 19.4. The van der Waals surface area contributed by atoms with Crippen LogP contribution in [0.25, 0.3) is 0 Å². The molecule has 0 unspecified atom stereocenters. The first-order valence-electron chi connectivity index (χ1n) is 18.6. The second-order valence-corrected chi connectivity index (χ2v) is 17.0. The molecule has 4 aliphatic carbocycles. The van der Waals surface area contributed by atoms with Gasteiger partial charge in [0.05, 0.1) is 23.6 Å². The highest BCUT2D eigenvalue weighted by Gasteiger charge is 2.79. The minimum Gasteiger partial charge on any atom is -0.481 e. The number of rotatable bonds is 12. The Hall–Kier alpha value is -4.12. The van der Waals surface area contributed by atoms with E-state index in [9.17, 15) is 34.2 Å². The van der Waals surface area contributed by atoms with Crippen molar-refractivity contribution in [1.82, 2.24) is 5.32 Å². The molecule has 0 spiro atoms. The van der Waals surface area contributed by atoms with Crippen molar-refractivity contribution in [1.29, 1.82) is 0 Å². The van der Waals surface area contributed by atoms with Crippen LogP contribution in [0.4, 0.5) is 10.1 Å². The number of anilines is 1. The second kappa shape index (κ2) is 14.4. The molecule has 7 rings (SSSR count). The van der Waals surface area contributed by atoms with Crippen LogP contribution in [-0.2, 0) is 39.9 Å². The van der Waals surface area contributed by atoms with Crippen molar-refractivity contribution in [3.63, 3.8) is 0 Å². The van der Waals surface area contributed by atoms with Crippen LogP contribution in [0, 0.1) is 22.7 Å². The van der Waals surface area contributed by atoms with Crippen LogP contribution < -0.4 is 16.4 Å². The largest absolute Gasteiger partial charge is 0.481 e. The molecule has 1 saturated heterocycles. The number of carbonyl (C=O) groups excluding carboxylic acids is 4. The van der Waals surface area contributed by atoms with Crippen LogP contribution in [0.3, 0.4) is 0 Å². The Morgan fingerprint density at radius 2 is 1.93 bits per heavy atom. The Balaban J connectivity index is 1.08. The third kappa shape index (κ3) is 6.29. The summed E-state index contributed by atoms with van der Waals surface area (Å²) >= 11 is 1.41. The van der Waals surface area contributed by atoms with Crippen molar-refractivity contribution in [2.75, 3.05) is 18.5 Å². The number of nitrogens with one attached hydrogen (secondary N) is 2. The predicted octanol–water partition coefficient (Wildman–Crippen LogP) is 3.28. The monoisotopic (exact) mass is 779 g/mol. The summed E-state index contributed by atoms with van der Waals surface area (Å²) in [4.78, 5) is 63.7. The molecule has 10 atom stereocenters. The summed E-state index contributed by atoms with van der Waals surface area (Å²) in [6.45, 7) is 2.42. The summed E-state index contributed by atoms with van der Waals surface area (Å²) in [6.07, 6.45) is 2.27. The molecule has 0 radical (unpaired) electrons. The standard InChI is InChI=1S/C40H46FN3O10S/c1-37-13-12-24(46)16-22(37)6-8-26-27-17-32-40(31(48)20-45,38(27,2)18-30(47)39(26,37)41)54-36(53-32)29-10-7-25(55-29)15-21-4-3-5-23(14-21)43-35(52)28(9-11-34(50)51)44-33(49)19-42/h3-5,7,10,12-14,16,26-28,30,32,36,45,47H,6,8-9,11,15,17-20,42H2,1-2H3,(H,43,52)(H,44,49)(H,50,51)/t26-,27-,28-,30-,32+,36+,37-,38-,39-,40+/m0/s1. The number of aliphatic carboxylic acids is 1. The van der Waals surface area contributed by atoms with Crippen molar-refractivity contribution in [2.45, 2.75) is 94.6 Å². The van der Waals surface area contributed by atoms with Gasteiger partial charge in [-0.25, -0.2) is 4.39 Å². The number of ether oxygens (including phenoxy) is 2. The van der Waals surface area contributed by atoms with E-state index in [1.807, 2.05) is 25.1 Å². The molecule has 2 aromatic rings. The Morgan fingerprint density at radius 3 is 2.65 bits per heavy atom. The molecule has 13 nitrogen and oxygen atoms in total. The fourth-order valence-electron chi connectivity index (χ4n) is 10.3. The number of amides is 2. The van der Waals surface area contributed by atoms with Crippen LogP contribution in [0.15, 0.2) is 60.2 Å². The molecule has 5 aliphatic rings. The van der Waals surface area contributed by atoms with E-state index in [0.717, 1.165) is 10.4 Å². The first kappa shape index (κ1) is 39.1. The van der Waals surface area contributed by atoms with E-state index in [-0.39, 0.29) is 31.6 Å². The van der Waals surface area contributed by atoms with E-state index >= 15 is 4.39 Å². The summed E-state index contributed by atoms with van der Waals surface area (Å²) < 4.78 is 30.9. The summed E-state index contributed by atoms with van der Waals surface area (Å²) in [7, 11) is 0. The lowest BCUT2D eigenvalue weighted by Crippen LogP contribution is -2.69. The van der Waals surface area contributed by atoms with Gasteiger partial charge in [-0.15, -0.1) is 11.3 Å². The van der Waals surface area contributed by atoms with Gasteiger partial charge in [0.2, 0.25) is 11.8 Å². The highest BCUT2D eigenvalue weighted by Crippen LogP contribution is 2.72. The van der Waals surface area contributed by atoms with Crippen molar-refractivity contribution in [3.8, 4) is 0 Å². The fraction of sp³-hybridized carbons (Fsp3) is 0.525. The molecule has 1 aromatic carbocycles. The molecule has 7 N–H and O–H groups in total. The normalized spacial score (nSPS) is 35.1. The first-order chi connectivity index (χ1) is 26.1. The number of carboxylic acid groups (broad SMARTS) is 1. The maximum Gasteiger partial charge on any atom is 0.303 e. The SMILES string of the molecule is C[C@]12C=CC(=O)C=C1CC[C@H]1[C@@H]3C[C@H]4O[C@@H](c5ccc(Cc6cccc(NC(=O)[C@H](CCC(=O)O)NC(=O)CN)c6)s5)O[C@@]4(C(=O)CO)[C@@]3(C)C[C@H](O)[C@@]12F. The number of aliphatic hydroxyl groups is 2. The van der Waals surface area contributed by atoms with Gasteiger partial charge in [-0.2, -0.15) is 0 Å². The number of allylic oxidation sites excluding steroid dienone is 4. The molecule has 2 heterocycles. The summed E-state index contributed by atoms with van der Waals surface area (Å²) in [5.41, 5.74) is 1.34. The molecule has 0 bridgehead atoms. The van der Waals surface area contributed by atoms with Gasteiger partial charge in [0.25, 0.3) is 0 Å². The number of thiophene rings is 1. The highest BCUT2D eigenvalue weighted by atomic mass is 32.1. The number of ketones is 2. The Morgan fingerprint density at radius 1 is 1.15 bits per heavy atom. The Labute approximate surface area is 321 Å². The molecular formula is C40H46FN3O10S. The fourth-order valence-corrected chi connectivity index (χ4v) is 11.3. The van der Waals surface area contributed by atoms with Crippen molar-refractivity contribution < 1.29 is 53.2 Å². The summed E-state index contributed by atoms with van der Waals surface area (Å²) in [5, 5.41) is 36.4. The highest BCUT2D eigenvalue weighted by molar-refractivity contribution is 7.12. The quantitative estimate of drug-likeness (QED) is 0.184. The van der Waals surface area contributed by atoms with E-state index in [2.05, 4.69) is 10.6 Å². The third-order valence-corrected chi connectivity index (χ3v) is 14.0. The van der Waals surface area contributed by atoms with Crippen LogP contribution in [-0.4, -0.2) is 87.3 Å². The third-order valence-electron chi connectivity index (χ3n) is 12.9. The number of nitrogens with two attached hydrogens (primary N) is 1. The molecule has 2 amide bonds. The number of halogens is 1. The molecule has 4 fully saturated rings. The number of benzene rings is 1. The van der Waals surface area contributed by atoms with Gasteiger partial charge in [-0.05, 0) is 86.9 Å². The van der Waals surface area contributed by atoms with Gasteiger partial charge in [0.1, 0.15) is 12.6 Å². The summed E-state index contributed by atoms with van der Waals surface area (Å²) in [5.74, 6) is -4.12. The van der Waals surface area contributed by atoms with Crippen LogP contribution in [0.5, 0.6) is 0 Å². The lowest BCUT2D eigenvalue weighted by Gasteiger charge is -2.62. The smallest absolute Gasteiger partial charge is 0.303 e. The minimum atomic E-state index is -2.09. The van der Waals surface area contributed by atoms with Crippen molar-refractivity contribution >= 4 is 46.4 Å². The van der Waals surface area contributed by atoms with Gasteiger partial charge in [0, 0.05) is 40.2 Å². The van der Waals surface area contributed by atoms with Gasteiger partial charge >= 0.3 is 5.97 Å². The number of Topliss-reactive ketones (excluding diaryl/α,β-unsaturated/α-hetero) is 1. The van der Waals surface area contributed by atoms with Gasteiger partial charge in [0.15, 0.2) is 29.1 Å². The van der Waals surface area contributed by atoms with Gasteiger partial charge in [-0.3, -0.25) is 24.0 Å². The number of fused-ring (bicyclic) bond motifs is 7. The van der Waals surface area contributed by atoms with Crippen molar-refractivity contribution in [3.05, 3.63) is 75.5 Å². The average molecular weight is 780 g/mol. The zero-order chi connectivity index (χ0) is 39.5. The van der Waals surface area contributed by atoms with Gasteiger partial charge < -0.3 is 41.2 Å². The number of carboxylic acids is 1. The number of carbonyl (C=O) groups is 5. The minimum absolute atomic E-state index is 0.101. The van der Waals surface area contributed by atoms with E-state index in [4.69, 9.17) is 20.3 Å². The average Bonchev–Trinajstić information content (AvgIpc) is 3.83. The zero-order valence-electron chi connectivity index (χ0n) is 30.6. The number of hydrogen-bond donors (Lipinski definition) is 6. The predicted molar refractivity (Wildman–Crippen MR) is 197 cm³/mol. The van der Waals surface area contributed by atoms with E-state index in [1.165, 1.54) is 23.5 Å². The maximum atomic E-state index is 17.7. The number of aliphatic hydroxyl groups excluding tert-OH is 2. The zero-order valence-corrected chi connectivity index (χ0v) is 31.4. The molecule has 1 aromatic heterocycles. The number of hydrogen-bond acceptors (Lipinski definition) is 11. The maximum absolute atomic E-state index is 17.7. The van der Waals surface area contributed by atoms with Crippen LogP contribution in [0.2, 0.25) is 0 Å². The molecule has 3 saturated carbocycles. The van der Waals surface area contributed by atoms with Crippen LogP contribution >= 0.6 is 11.3 Å². The lowest BCUT2D eigenvalue weighted by molar-refractivity contribution is -0.231. The van der Waals surface area contributed by atoms with Crippen LogP contribution in [0.1, 0.15) is 74.0 Å². The second-order valence-electron chi connectivity index (χ2n) is 15.8. The van der Waals surface area contributed by atoms with E-state index < -0.39 is 88.6 Å². The number of alkyl halides is 1. The molecule has 1 aliphatic heterocycles.